The Bertz CT molecular complexity index is 673. The first kappa shape index (κ1) is 10.4. The van der Waals surface area contributed by atoms with Gasteiger partial charge in [0, 0.05) is 10.0 Å². The summed E-state index contributed by atoms with van der Waals surface area (Å²) in [5.41, 5.74) is 1.69. The molecule has 1 N–H and O–H groups in total. The van der Waals surface area contributed by atoms with Crippen LogP contribution in [0.25, 0.3) is 22.2 Å². The van der Waals surface area contributed by atoms with Crippen LogP contribution in [0.3, 0.4) is 0 Å². The van der Waals surface area contributed by atoms with Crippen LogP contribution >= 0.6 is 15.9 Å². The van der Waals surface area contributed by atoms with E-state index in [1.807, 2.05) is 18.2 Å². The summed E-state index contributed by atoms with van der Waals surface area (Å²) in [6.07, 6.45) is 0. The van der Waals surface area contributed by atoms with Crippen molar-refractivity contribution in [3.05, 3.63) is 46.9 Å². The van der Waals surface area contributed by atoms with Crippen LogP contribution in [-0.2, 0) is 0 Å². The van der Waals surface area contributed by atoms with Gasteiger partial charge in [-0.3, -0.25) is 0 Å². The molecule has 3 rings (SSSR count). The first-order valence-electron chi connectivity index (χ1n) is 5.09. The molecule has 0 aliphatic rings. The van der Waals surface area contributed by atoms with Crippen molar-refractivity contribution in [1.82, 2.24) is 5.16 Å². The Morgan fingerprint density at radius 2 is 1.82 bits per heavy atom. The maximum Gasteiger partial charge on any atom is 0.174 e. The van der Waals surface area contributed by atoms with Gasteiger partial charge in [-0.25, -0.2) is 0 Å². The molecule has 0 spiro atoms. The molecule has 0 saturated heterocycles. The molecule has 0 aliphatic heterocycles. The summed E-state index contributed by atoms with van der Waals surface area (Å²) in [7, 11) is 0. The predicted octanol–water partition coefficient (Wildman–Crippen LogP) is 3.96. The van der Waals surface area contributed by atoms with E-state index in [-0.39, 0.29) is 5.75 Å². The number of phenolic OH excluding ortho intramolecular Hbond substituents is 1. The lowest BCUT2D eigenvalue weighted by molar-refractivity contribution is 0.440. The smallest absolute Gasteiger partial charge is 0.174 e. The highest BCUT2D eigenvalue weighted by Crippen LogP contribution is 2.32. The third-order valence-electron chi connectivity index (χ3n) is 2.59. The minimum atomic E-state index is 0.235. The fraction of sp³-hybridized carbons (Fsp3) is 0. The number of hydrogen-bond acceptors (Lipinski definition) is 3. The molecule has 4 heteroatoms. The quantitative estimate of drug-likeness (QED) is 0.737. The van der Waals surface area contributed by atoms with Crippen molar-refractivity contribution < 1.29 is 9.63 Å². The molecule has 1 heterocycles. The number of fused-ring (bicyclic) bond motifs is 1. The summed E-state index contributed by atoms with van der Waals surface area (Å²) in [5.74, 6) is 0.944. The molecule has 3 nitrogen and oxygen atoms in total. The number of halogens is 1. The van der Waals surface area contributed by atoms with Gasteiger partial charge in [-0.2, -0.15) is 0 Å². The molecule has 3 aromatic rings. The van der Waals surface area contributed by atoms with Gasteiger partial charge < -0.3 is 9.63 Å². The highest BCUT2D eigenvalue weighted by molar-refractivity contribution is 9.10. The van der Waals surface area contributed by atoms with E-state index in [0.29, 0.717) is 5.76 Å². The van der Waals surface area contributed by atoms with Gasteiger partial charge in [0.1, 0.15) is 11.3 Å². The summed E-state index contributed by atoms with van der Waals surface area (Å²) in [4.78, 5) is 0. The molecule has 1 aromatic heterocycles. The molecule has 2 aromatic carbocycles. The van der Waals surface area contributed by atoms with Crippen LogP contribution < -0.4 is 0 Å². The minimum Gasteiger partial charge on any atom is -0.508 e. The Balaban J connectivity index is 2.24. The van der Waals surface area contributed by atoms with Crippen molar-refractivity contribution in [2.45, 2.75) is 0 Å². The zero-order valence-electron chi connectivity index (χ0n) is 8.72. The van der Waals surface area contributed by atoms with Gasteiger partial charge in [-0.1, -0.05) is 11.2 Å². The van der Waals surface area contributed by atoms with Gasteiger partial charge in [-0.15, -0.1) is 0 Å². The molecule has 17 heavy (non-hydrogen) atoms. The highest BCUT2D eigenvalue weighted by atomic mass is 79.9. The van der Waals surface area contributed by atoms with Crippen LogP contribution in [-0.4, -0.2) is 10.3 Å². The second-order valence-electron chi connectivity index (χ2n) is 3.69. The molecule has 0 amide bonds. The number of rotatable bonds is 1. The molecular weight excluding hydrogens is 282 g/mol. The van der Waals surface area contributed by atoms with Crippen molar-refractivity contribution >= 4 is 26.8 Å². The fourth-order valence-electron chi connectivity index (χ4n) is 1.75. The number of hydrogen-bond donors (Lipinski definition) is 1. The third-order valence-corrected chi connectivity index (χ3v) is 3.23. The van der Waals surface area contributed by atoms with Crippen LogP contribution in [0.1, 0.15) is 0 Å². The molecule has 0 fully saturated rings. The molecular formula is C13H8BrNO2. The summed E-state index contributed by atoms with van der Waals surface area (Å²) >= 11 is 3.43. The molecule has 0 atom stereocenters. The minimum absolute atomic E-state index is 0.235. The van der Waals surface area contributed by atoms with Gasteiger partial charge in [0.05, 0.1) is 5.39 Å². The van der Waals surface area contributed by atoms with Gasteiger partial charge in [0.25, 0.3) is 0 Å². The van der Waals surface area contributed by atoms with Crippen LogP contribution in [0.2, 0.25) is 0 Å². The maximum atomic E-state index is 9.26. The predicted molar refractivity (Wildman–Crippen MR) is 68.8 cm³/mol. The standard InChI is InChI=1S/C13H8BrNO2/c14-11-3-1-2-10-12(11)15-17-13(10)8-4-6-9(16)7-5-8/h1-7,16H. The third kappa shape index (κ3) is 1.70. The lowest BCUT2D eigenvalue weighted by Crippen LogP contribution is -1.75. The van der Waals surface area contributed by atoms with E-state index in [4.69, 9.17) is 4.52 Å². The van der Waals surface area contributed by atoms with Gasteiger partial charge >= 0.3 is 0 Å². The summed E-state index contributed by atoms with van der Waals surface area (Å²) in [5, 5.41) is 14.2. The van der Waals surface area contributed by atoms with E-state index >= 15 is 0 Å². The molecule has 0 aliphatic carbocycles. The average Bonchev–Trinajstić information content (AvgIpc) is 2.75. The van der Waals surface area contributed by atoms with Crippen molar-refractivity contribution in [1.29, 1.82) is 0 Å². The zero-order chi connectivity index (χ0) is 11.8. The Labute approximate surface area is 106 Å². The lowest BCUT2D eigenvalue weighted by Gasteiger charge is -1.97. The summed E-state index contributed by atoms with van der Waals surface area (Å²) in [6, 6.07) is 12.7. The topological polar surface area (TPSA) is 46.3 Å². The average molecular weight is 290 g/mol. The van der Waals surface area contributed by atoms with Crippen LogP contribution in [0.15, 0.2) is 51.5 Å². The lowest BCUT2D eigenvalue weighted by atomic mass is 10.1. The van der Waals surface area contributed by atoms with Crippen LogP contribution in [0, 0.1) is 0 Å². The van der Waals surface area contributed by atoms with E-state index in [1.54, 1.807) is 24.3 Å². The Morgan fingerprint density at radius 3 is 2.59 bits per heavy atom. The number of phenols is 1. The van der Waals surface area contributed by atoms with Crippen LogP contribution in [0.5, 0.6) is 5.75 Å². The normalized spacial score (nSPS) is 10.9. The number of aromatic nitrogens is 1. The van der Waals surface area contributed by atoms with Crippen molar-refractivity contribution in [3.63, 3.8) is 0 Å². The van der Waals surface area contributed by atoms with E-state index in [2.05, 4.69) is 21.1 Å². The first-order chi connectivity index (χ1) is 8.25. The Morgan fingerprint density at radius 1 is 1.06 bits per heavy atom. The van der Waals surface area contributed by atoms with E-state index < -0.39 is 0 Å². The van der Waals surface area contributed by atoms with Crippen molar-refractivity contribution in [2.75, 3.05) is 0 Å². The number of nitrogens with zero attached hydrogens (tertiary/aromatic N) is 1. The second kappa shape index (κ2) is 3.89. The largest absolute Gasteiger partial charge is 0.508 e. The van der Waals surface area contributed by atoms with Crippen molar-refractivity contribution in [2.24, 2.45) is 0 Å². The van der Waals surface area contributed by atoms with E-state index in [1.165, 1.54) is 0 Å². The van der Waals surface area contributed by atoms with Crippen LogP contribution in [0.4, 0.5) is 0 Å². The number of benzene rings is 2. The second-order valence-corrected chi connectivity index (χ2v) is 4.55. The SMILES string of the molecule is Oc1ccc(-c2onc3c(Br)cccc23)cc1. The number of aromatic hydroxyl groups is 1. The molecule has 0 saturated carbocycles. The zero-order valence-corrected chi connectivity index (χ0v) is 10.3. The van der Waals surface area contributed by atoms with Gasteiger partial charge in [-0.05, 0) is 52.3 Å². The molecule has 0 radical (unpaired) electrons. The van der Waals surface area contributed by atoms with Crippen molar-refractivity contribution in [3.8, 4) is 17.1 Å². The monoisotopic (exact) mass is 289 g/mol. The molecule has 84 valence electrons. The van der Waals surface area contributed by atoms with E-state index in [9.17, 15) is 5.11 Å². The van der Waals surface area contributed by atoms with E-state index in [0.717, 1.165) is 20.9 Å². The fourth-order valence-corrected chi connectivity index (χ4v) is 2.19. The molecule has 0 bridgehead atoms. The molecule has 0 unspecified atom stereocenters. The van der Waals surface area contributed by atoms with Gasteiger partial charge in [0.2, 0.25) is 0 Å². The Hall–Kier alpha value is -1.81. The maximum absolute atomic E-state index is 9.26. The Kier molecular flexibility index (Phi) is 2.37. The summed E-state index contributed by atoms with van der Waals surface area (Å²) < 4.78 is 6.27. The van der Waals surface area contributed by atoms with Gasteiger partial charge in [0.15, 0.2) is 5.76 Å². The first-order valence-corrected chi connectivity index (χ1v) is 5.88. The highest BCUT2D eigenvalue weighted by Gasteiger charge is 2.12. The summed E-state index contributed by atoms with van der Waals surface area (Å²) in [6.45, 7) is 0.